The van der Waals surface area contributed by atoms with Gasteiger partial charge >= 0.3 is 0 Å². The fourth-order valence-corrected chi connectivity index (χ4v) is 0.423. The maximum Gasteiger partial charge on any atom is 0.102 e. The van der Waals surface area contributed by atoms with Crippen molar-refractivity contribution >= 4 is 17.2 Å². The molecule has 0 N–H and O–H groups in total. The van der Waals surface area contributed by atoms with Crippen LogP contribution in [-0.2, 0) is 0 Å². The molecule has 0 saturated heterocycles. The summed E-state index contributed by atoms with van der Waals surface area (Å²) in [6, 6.07) is 0. The summed E-state index contributed by atoms with van der Waals surface area (Å²) in [7, 11) is 7.80. The fourth-order valence-electron chi connectivity index (χ4n) is 0.362. The number of hydrogen-bond donors (Lipinski definition) is 0. The van der Waals surface area contributed by atoms with Gasteiger partial charge in [0, 0.05) is 34.4 Å². The van der Waals surface area contributed by atoms with Crippen LogP contribution in [0.25, 0.3) is 0 Å². The van der Waals surface area contributed by atoms with Crippen LogP contribution in [0.15, 0.2) is 12.3 Å². The first kappa shape index (κ1) is 9.43. The van der Waals surface area contributed by atoms with Crippen LogP contribution in [0.3, 0.4) is 0 Å². The van der Waals surface area contributed by atoms with Gasteiger partial charge in [0.2, 0.25) is 0 Å². The van der Waals surface area contributed by atoms with E-state index in [2.05, 4.69) is 0 Å². The van der Waals surface area contributed by atoms with Crippen molar-refractivity contribution in [2.75, 3.05) is 28.2 Å². The lowest BCUT2D eigenvalue weighted by atomic mass is 10.5. The van der Waals surface area contributed by atoms with Gasteiger partial charge in [-0.05, 0) is 6.08 Å². The molecule has 58 valence electrons. The Balaban J connectivity index is 3.79. The maximum absolute atomic E-state index is 5.01. The minimum absolute atomic E-state index is 0.841. The van der Waals surface area contributed by atoms with Gasteiger partial charge in [-0.25, -0.2) is 0 Å². The number of rotatable bonds is 2. The van der Waals surface area contributed by atoms with Crippen molar-refractivity contribution < 1.29 is 0 Å². The zero-order valence-electron chi connectivity index (χ0n) is 6.96. The van der Waals surface area contributed by atoms with E-state index in [0.29, 0.717) is 0 Å². The molecular weight excluding hydrogens is 144 g/mol. The lowest BCUT2D eigenvalue weighted by molar-refractivity contribution is 0.562. The Morgan fingerprint density at radius 3 is 2.00 bits per heavy atom. The smallest absolute Gasteiger partial charge is 0.102 e. The summed E-state index contributed by atoms with van der Waals surface area (Å²) in [4.78, 5) is 4.69. The topological polar surface area (TPSA) is 6.48 Å². The molecule has 0 unspecified atom stereocenters. The monoisotopic (exact) mass is 158 g/mol. The summed E-state index contributed by atoms with van der Waals surface area (Å²) in [5.41, 5.74) is 0. The summed E-state index contributed by atoms with van der Waals surface area (Å²) >= 11 is 5.01. The van der Waals surface area contributed by atoms with Crippen LogP contribution >= 0.6 is 12.2 Å². The molecule has 0 bridgehead atoms. The van der Waals surface area contributed by atoms with Gasteiger partial charge in [0.15, 0.2) is 0 Å². The number of thiocarbonyl (C=S) groups is 1. The molecule has 0 saturated carbocycles. The van der Waals surface area contributed by atoms with Gasteiger partial charge in [0.05, 0.1) is 0 Å². The molecule has 0 aromatic carbocycles. The lowest BCUT2D eigenvalue weighted by Crippen LogP contribution is -2.17. The van der Waals surface area contributed by atoms with Gasteiger partial charge in [0.1, 0.15) is 4.99 Å². The largest absolute Gasteiger partial charge is 0.383 e. The van der Waals surface area contributed by atoms with E-state index < -0.39 is 0 Å². The van der Waals surface area contributed by atoms with E-state index in [1.807, 2.05) is 50.3 Å². The molecule has 2 nitrogen and oxygen atoms in total. The van der Waals surface area contributed by atoms with Crippen molar-refractivity contribution in [1.82, 2.24) is 9.80 Å². The van der Waals surface area contributed by atoms with Crippen LogP contribution < -0.4 is 0 Å². The Hall–Kier alpha value is -0.570. The van der Waals surface area contributed by atoms with Gasteiger partial charge < -0.3 is 9.80 Å². The molecule has 3 heteroatoms. The molecule has 0 amide bonds. The van der Waals surface area contributed by atoms with Gasteiger partial charge in [-0.15, -0.1) is 0 Å². The average molecular weight is 158 g/mol. The number of likely N-dealkylation sites (N-methyl/N-ethyl adjacent to an activating group) is 1. The third kappa shape index (κ3) is 4.32. The third-order valence-corrected chi connectivity index (χ3v) is 1.46. The summed E-state index contributed by atoms with van der Waals surface area (Å²) < 4.78 is 0. The van der Waals surface area contributed by atoms with Gasteiger partial charge in [0.25, 0.3) is 0 Å². The van der Waals surface area contributed by atoms with E-state index in [-0.39, 0.29) is 0 Å². The van der Waals surface area contributed by atoms with Crippen LogP contribution in [0.2, 0.25) is 0 Å². The summed E-state index contributed by atoms with van der Waals surface area (Å²) in [5, 5.41) is 0. The van der Waals surface area contributed by atoms with Crippen LogP contribution in [0.5, 0.6) is 0 Å². The first-order valence-corrected chi connectivity index (χ1v) is 3.51. The van der Waals surface area contributed by atoms with E-state index in [0.717, 1.165) is 4.99 Å². The van der Waals surface area contributed by atoms with Gasteiger partial charge in [-0.2, -0.15) is 0 Å². The van der Waals surface area contributed by atoms with Gasteiger partial charge in [-0.3, -0.25) is 0 Å². The SMILES string of the molecule is CN(C)/C=C\C(=S)N(C)C. The van der Waals surface area contributed by atoms with E-state index in [4.69, 9.17) is 12.2 Å². The Labute approximate surface area is 68.1 Å². The molecule has 0 radical (unpaired) electrons. The molecule has 0 rings (SSSR count). The van der Waals surface area contributed by atoms with Crippen LogP contribution in [0.4, 0.5) is 0 Å². The molecule has 0 aliphatic carbocycles. The Bertz CT molecular complexity index is 139. The minimum atomic E-state index is 0.841. The van der Waals surface area contributed by atoms with Crippen molar-refractivity contribution in [3.8, 4) is 0 Å². The van der Waals surface area contributed by atoms with Crippen LogP contribution in [0.1, 0.15) is 0 Å². The lowest BCUT2D eigenvalue weighted by Gasteiger charge is -2.10. The van der Waals surface area contributed by atoms with Crippen LogP contribution in [-0.4, -0.2) is 43.0 Å². The van der Waals surface area contributed by atoms with Crippen LogP contribution in [0, 0.1) is 0 Å². The molecule has 0 aliphatic rings. The Morgan fingerprint density at radius 1 is 1.20 bits per heavy atom. The molecule has 0 aromatic rings. The standard InChI is InChI=1S/C7H14N2S/c1-8(2)6-5-7(10)9(3)4/h5-6H,1-4H3/b6-5-. The first-order chi connectivity index (χ1) is 4.54. The second kappa shape index (κ2) is 4.28. The quantitative estimate of drug-likeness (QED) is 0.436. The maximum atomic E-state index is 5.01. The predicted molar refractivity (Wildman–Crippen MR) is 49.1 cm³/mol. The second-order valence-electron chi connectivity index (χ2n) is 2.51. The molecule has 10 heavy (non-hydrogen) atoms. The predicted octanol–water partition coefficient (Wildman–Crippen LogP) is 0.951. The van der Waals surface area contributed by atoms with E-state index >= 15 is 0 Å². The van der Waals surface area contributed by atoms with Crippen molar-refractivity contribution in [2.24, 2.45) is 0 Å². The molecule has 0 fully saturated rings. The Kier molecular flexibility index (Phi) is 4.03. The summed E-state index contributed by atoms with van der Waals surface area (Å²) in [6.07, 6.45) is 3.83. The van der Waals surface area contributed by atoms with Crippen molar-refractivity contribution in [1.29, 1.82) is 0 Å². The van der Waals surface area contributed by atoms with E-state index in [9.17, 15) is 0 Å². The molecule has 0 aliphatic heterocycles. The van der Waals surface area contributed by atoms with Crippen molar-refractivity contribution in [2.45, 2.75) is 0 Å². The van der Waals surface area contributed by atoms with Crippen molar-refractivity contribution in [3.63, 3.8) is 0 Å². The average Bonchev–Trinajstić information content (AvgIpc) is 1.82. The van der Waals surface area contributed by atoms with E-state index in [1.165, 1.54) is 0 Å². The minimum Gasteiger partial charge on any atom is -0.383 e. The van der Waals surface area contributed by atoms with E-state index in [1.54, 1.807) is 0 Å². The number of nitrogens with zero attached hydrogens (tertiary/aromatic N) is 2. The zero-order chi connectivity index (χ0) is 8.15. The second-order valence-corrected chi connectivity index (χ2v) is 2.93. The highest BCUT2D eigenvalue weighted by Crippen LogP contribution is 1.86. The highest BCUT2D eigenvalue weighted by atomic mass is 32.1. The molecule has 0 aromatic heterocycles. The summed E-state index contributed by atoms with van der Waals surface area (Å²) in [6.45, 7) is 0. The molecular formula is C7H14N2S. The zero-order valence-corrected chi connectivity index (χ0v) is 7.77. The van der Waals surface area contributed by atoms with Crippen molar-refractivity contribution in [3.05, 3.63) is 12.3 Å². The summed E-state index contributed by atoms with van der Waals surface area (Å²) in [5.74, 6) is 0. The number of hydrogen-bond acceptors (Lipinski definition) is 2. The van der Waals surface area contributed by atoms with Gasteiger partial charge in [-0.1, -0.05) is 12.2 Å². The molecule has 0 spiro atoms. The third-order valence-electron chi connectivity index (χ3n) is 0.956. The highest BCUT2D eigenvalue weighted by Gasteiger charge is 1.90. The Morgan fingerprint density at radius 2 is 1.70 bits per heavy atom. The first-order valence-electron chi connectivity index (χ1n) is 3.10. The highest BCUT2D eigenvalue weighted by molar-refractivity contribution is 7.80. The normalized spacial score (nSPS) is 10.0. The molecule has 0 atom stereocenters. The molecule has 0 heterocycles. The fraction of sp³-hybridized carbons (Fsp3) is 0.571.